The molecule has 1 aliphatic heterocycles. The summed E-state index contributed by atoms with van der Waals surface area (Å²) in [4.78, 5) is 14.2. The maximum Gasteiger partial charge on any atom is 0.183 e. The van der Waals surface area contributed by atoms with Crippen molar-refractivity contribution in [1.82, 2.24) is 4.90 Å². The van der Waals surface area contributed by atoms with Crippen molar-refractivity contribution in [2.45, 2.75) is 37.1 Å². The number of Topliss-reactive ketones (excluding diaryl/α,β-unsaturated/α-hetero) is 1. The molecular weight excluding hydrogens is 280 g/mol. The Balaban J connectivity index is 2.09. The second-order valence-electron chi connectivity index (χ2n) is 6.45. The van der Waals surface area contributed by atoms with E-state index in [1.165, 1.54) is 5.56 Å². The molecule has 2 fully saturated rings. The van der Waals surface area contributed by atoms with Gasteiger partial charge in [-0.25, -0.2) is 0 Å². The molecule has 0 aromatic heterocycles. The molecule has 0 bridgehead atoms. The number of nitrogen functional groups attached to an aromatic ring is 1. The van der Waals surface area contributed by atoms with Gasteiger partial charge in [0.15, 0.2) is 11.5 Å². The number of carbonyl (C=O) groups is 1. The van der Waals surface area contributed by atoms with Crippen molar-refractivity contribution in [3.8, 4) is 11.5 Å². The van der Waals surface area contributed by atoms with Crippen LogP contribution in [0.1, 0.15) is 31.2 Å². The molecule has 3 rings (SSSR count). The van der Waals surface area contributed by atoms with Crippen LogP contribution in [0.25, 0.3) is 0 Å². The summed E-state index contributed by atoms with van der Waals surface area (Å²) in [5, 5.41) is 0. The quantitative estimate of drug-likeness (QED) is 0.865. The summed E-state index contributed by atoms with van der Waals surface area (Å²) in [6, 6.07) is 4.30. The van der Waals surface area contributed by atoms with Crippen LogP contribution in [-0.4, -0.2) is 44.5 Å². The number of hydrogen-bond donors (Lipinski definition) is 1. The molecule has 5 nitrogen and oxygen atoms in total. The minimum Gasteiger partial charge on any atom is -0.493 e. The number of fused-ring (bicyclic) bond motifs is 1. The fourth-order valence-corrected chi connectivity index (χ4v) is 4.21. The Bertz CT molecular complexity index is 602. The molecule has 0 spiro atoms. The van der Waals surface area contributed by atoms with Gasteiger partial charge in [0.2, 0.25) is 0 Å². The third-order valence-corrected chi connectivity index (χ3v) is 5.43. The van der Waals surface area contributed by atoms with Gasteiger partial charge in [-0.15, -0.1) is 0 Å². The van der Waals surface area contributed by atoms with Gasteiger partial charge in [-0.3, -0.25) is 4.79 Å². The van der Waals surface area contributed by atoms with E-state index in [4.69, 9.17) is 15.2 Å². The Morgan fingerprint density at radius 3 is 2.73 bits per heavy atom. The first-order valence-corrected chi connectivity index (χ1v) is 7.76. The standard InChI is InChI=1S/C17H24N2O3/c1-19-7-6-17(5-4-12(20)10-15(17)19)11-8-13(18)16(22-3)14(9-11)21-2/h8-9,15H,4-7,10,18H2,1-3H3/t15-,17-/m0/s1. The van der Waals surface area contributed by atoms with E-state index in [9.17, 15) is 4.79 Å². The van der Waals surface area contributed by atoms with Crippen molar-refractivity contribution in [2.24, 2.45) is 0 Å². The molecule has 0 unspecified atom stereocenters. The van der Waals surface area contributed by atoms with Crippen LogP contribution in [0, 0.1) is 0 Å². The summed E-state index contributed by atoms with van der Waals surface area (Å²) < 4.78 is 10.8. The number of rotatable bonds is 3. The van der Waals surface area contributed by atoms with Crippen LogP contribution in [0.5, 0.6) is 11.5 Å². The lowest BCUT2D eigenvalue weighted by Gasteiger charge is -2.41. The molecule has 120 valence electrons. The van der Waals surface area contributed by atoms with Gasteiger partial charge in [-0.1, -0.05) is 0 Å². The molecule has 0 amide bonds. The molecular formula is C17H24N2O3. The van der Waals surface area contributed by atoms with Crippen LogP contribution in [0.4, 0.5) is 5.69 Å². The van der Waals surface area contributed by atoms with Crippen molar-refractivity contribution in [3.05, 3.63) is 17.7 Å². The molecule has 1 saturated carbocycles. The Morgan fingerprint density at radius 2 is 2.05 bits per heavy atom. The summed E-state index contributed by atoms with van der Waals surface area (Å²) in [7, 11) is 5.33. The van der Waals surface area contributed by atoms with Crippen LogP contribution in [0.3, 0.4) is 0 Å². The highest BCUT2D eigenvalue weighted by atomic mass is 16.5. The second kappa shape index (κ2) is 5.47. The topological polar surface area (TPSA) is 64.8 Å². The average molecular weight is 304 g/mol. The molecule has 22 heavy (non-hydrogen) atoms. The lowest BCUT2D eigenvalue weighted by Crippen LogP contribution is -2.46. The predicted molar refractivity (Wildman–Crippen MR) is 85.5 cm³/mol. The molecule has 2 N–H and O–H groups in total. The van der Waals surface area contributed by atoms with E-state index in [1.54, 1.807) is 14.2 Å². The van der Waals surface area contributed by atoms with Gasteiger partial charge in [0.25, 0.3) is 0 Å². The molecule has 5 heteroatoms. The number of carbonyl (C=O) groups excluding carboxylic acids is 1. The molecule has 1 aromatic rings. The maximum absolute atomic E-state index is 11.9. The number of ether oxygens (including phenoxy) is 2. The Kier molecular flexibility index (Phi) is 3.77. The Labute approximate surface area is 131 Å². The summed E-state index contributed by atoms with van der Waals surface area (Å²) in [5.41, 5.74) is 7.93. The SMILES string of the molecule is COc1cc([C@@]23CCC(=O)C[C@@H]2N(C)CC3)cc(N)c1OC. The highest BCUT2D eigenvalue weighted by Crippen LogP contribution is 2.50. The monoisotopic (exact) mass is 304 g/mol. The van der Waals surface area contributed by atoms with E-state index in [-0.39, 0.29) is 11.5 Å². The number of likely N-dealkylation sites (N-methyl/N-ethyl adjacent to an activating group) is 1. The smallest absolute Gasteiger partial charge is 0.183 e. The average Bonchev–Trinajstić information content (AvgIpc) is 2.84. The fraction of sp³-hybridized carbons (Fsp3) is 0.588. The Hall–Kier alpha value is -1.75. The summed E-state index contributed by atoms with van der Waals surface area (Å²) in [6.07, 6.45) is 3.22. The maximum atomic E-state index is 11.9. The van der Waals surface area contributed by atoms with Crippen LogP contribution in [0.15, 0.2) is 12.1 Å². The zero-order valence-electron chi connectivity index (χ0n) is 13.5. The van der Waals surface area contributed by atoms with Crippen LogP contribution in [0.2, 0.25) is 0 Å². The first-order chi connectivity index (χ1) is 10.5. The third-order valence-electron chi connectivity index (χ3n) is 5.43. The predicted octanol–water partition coefficient (Wildman–Crippen LogP) is 1.98. The number of hydrogen-bond acceptors (Lipinski definition) is 5. The lowest BCUT2D eigenvalue weighted by molar-refractivity contribution is -0.122. The van der Waals surface area contributed by atoms with Gasteiger partial charge in [0.1, 0.15) is 5.78 Å². The zero-order chi connectivity index (χ0) is 15.9. The number of nitrogens with zero attached hydrogens (tertiary/aromatic N) is 1. The minimum atomic E-state index is -0.00364. The summed E-state index contributed by atoms with van der Waals surface area (Å²) in [6.45, 7) is 1.01. The fourth-order valence-electron chi connectivity index (χ4n) is 4.21. The van der Waals surface area contributed by atoms with E-state index in [2.05, 4.69) is 11.9 Å². The van der Waals surface area contributed by atoms with Crippen molar-refractivity contribution in [1.29, 1.82) is 0 Å². The minimum absolute atomic E-state index is 0.00364. The van der Waals surface area contributed by atoms with Crippen molar-refractivity contribution in [3.63, 3.8) is 0 Å². The lowest BCUT2D eigenvalue weighted by atomic mass is 9.66. The van der Waals surface area contributed by atoms with E-state index in [1.807, 2.05) is 12.1 Å². The van der Waals surface area contributed by atoms with Gasteiger partial charge < -0.3 is 20.1 Å². The first kappa shape index (κ1) is 15.2. The van der Waals surface area contributed by atoms with Crippen molar-refractivity contribution < 1.29 is 14.3 Å². The normalized spacial score (nSPS) is 28.5. The largest absolute Gasteiger partial charge is 0.493 e. The van der Waals surface area contributed by atoms with Gasteiger partial charge in [-0.05, 0) is 44.1 Å². The number of anilines is 1. The molecule has 0 radical (unpaired) electrons. The molecule has 1 aromatic carbocycles. The zero-order valence-corrected chi connectivity index (χ0v) is 13.5. The number of benzene rings is 1. The van der Waals surface area contributed by atoms with E-state index >= 15 is 0 Å². The van der Waals surface area contributed by atoms with E-state index < -0.39 is 0 Å². The van der Waals surface area contributed by atoms with E-state index in [0.29, 0.717) is 35.8 Å². The van der Waals surface area contributed by atoms with Crippen molar-refractivity contribution in [2.75, 3.05) is 33.5 Å². The number of ketones is 1. The Morgan fingerprint density at radius 1 is 1.27 bits per heavy atom. The first-order valence-electron chi connectivity index (χ1n) is 7.76. The molecule has 2 aliphatic rings. The van der Waals surface area contributed by atoms with Crippen LogP contribution in [-0.2, 0) is 10.2 Å². The molecule has 1 aliphatic carbocycles. The second-order valence-corrected chi connectivity index (χ2v) is 6.45. The highest BCUT2D eigenvalue weighted by molar-refractivity contribution is 5.81. The summed E-state index contributed by atoms with van der Waals surface area (Å²) in [5.74, 6) is 1.61. The van der Waals surface area contributed by atoms with Crippen LogP contribution < -0.4 is 15.2 Å². The highest BCUT2D eigenvalue weighted by Gasteiger charge is 2.50. The van der Waals surface area contributed by atoms with Gasteiger partial charge >= 0.3 is 0 Å². The number of methoxy groups -OCH3 is 2. The van der Waals surface area contributed by atoms with Gasteiger partial charge in [-0.2, -0.15) is 0 Å². The van der Waals surface area contributed by atoms with Crippen molar-refractivity contribution >= 4 is 11.5 Å². The summed E-state index contributed by atoms with van der Waals surface area (Å²) >= 11 is 0. The molecule has 2 atom stereocenters. The molecule has 1 saturated heterocycles. The third kappa shape index (κ3) is 2.15. The molecule has 1 heterocycles. The van der Waals surface area contributed by atoms with Gasteiger partial charge in [0.05, 0.1) is 19.9 Å². The number of nitrogens with two attached hydrogens (primary N) is 1. The van der Waals surface area contributed by atoms with E-state index in [0.717, 1.165) is 19.4 Å². The van der Waals surface area contributed by atoms with Crippen LogP contribution >= 0.6 is 0 Å². The van der Waals surface area contributed by atoms with Gasteiger partial charge in [0, 0.05) is 24.3 Å². The number of likely N-dealkylation sites (tertiary alicyclic amines) is 1.